The van der Waals surface area contributed by atoms with Gasteiger partial charge in [-0.05, 0) is 20.0 Å². The molecule has 0 saturated carbocycles. The van der Waals surface area contributed by atoms with Crippen LogP contribution in [0.25, 0.3) is 0 Å². The number of halogens is 1. The minimum Gasteiger partial charge on any atom is -0.493 e. The summed E-state index contributed by atoms with van der Waals surface area (Å²) in [5, 5.41) is 5.47. The summed E-state index contributed by atoms with van der Waals surface area (Å²) >= 11 is 0. The first-order valence-electron chi connectivity index (χ1n) is 5.88. The van der Waals surface area contributed by atoms with Crippen LogP contribution in [0, 0.1) is 5.82 Å². The minimum atomic E-state index is -0.311. The molecule has 1 amide bonds. The van der Waals surface area contributed by atoms with E-state index in [9.17, 15) is 9.18 Å². The van der Waals surface area contributed by atoms with E-state index in [2.05, 4.69) is 10.6 Å². The maximum atomic E-state index is 13.7. The van der Waals surface area contributed by atoms with E-state index in [-0.39, 0.29) is 30.8 Å². The molecule has 0 saturated heterocycles. The predicted molar refractivity (Wildman–Crippen MR) is 68.1 cm³/mol. The lowest BCUT2D eigenvalue weighted by Gasteiger charge is -2.13. The van der Waals surface area contributed by atoms with Crippen molar-refractivity contribution >= 4 is 5.91 Å². The zero-order valence-corrected chi connectivity index (χ0v) is 10.9. The fourth-order valence-electron chi connectivity index (χ4n) is 1.49. The molecule has 1 rings (SSSR count). The number of hydrogen-bond donors (Lipinski definition) is 2. The zero-order valence-electron chi connectivity index (χ0n) is 10.9. The lowest BCUT2D eigenvalue weighted by Crippen LogP contribution is -2.20. The molecule has 1 atom stereocenters. The zero-order chi connectivity index (χ0) is 13.5. The molecule has 100 valence electrons. The Morgan fingerprint density at radius 1 is 1.44 bits per heavy atom. The van der Waals surface area contributed by atoms with Gasteiger partial charge in [0, 0.05) is 24.7 Å². The summed E-state index contributed by atoms with van der Waals surface area (Å²) in [5.74, 6) is 0.0219. The average molecular weight is 254 g/mol. The topological polar surface area (TPSA) is 50.4 Å². The molecule has 0 bridgehead atoms. The van der Waals surface area contributed by atoms with E-state index in [0.29, 0.717) is 11.3 Å². The van der Waals surface area contributed by atoms with E-state index in [1.54, 1.807) is 26.2 Å². The molecule has 0 aliphatic rings. The number of amides is 1. The van der Waals surface area contributed by atoms with Crippen molar-refractivity contribution < 1.29 is 13.9 Å². The number of benzene rings is 1. The van der Waals surface area contributed by atoms with Gasteiger partial charge in [-0.25, -0.2) is 4.39 Å². The Bertz CT molecular complexity index is 410. The van der Waals surface area contributed by atoms with Crippen molar-refractivity contribution in [2.45, 2.75) is 19.4 Å². The fourth-order valence-corrected chi connectivity index (χ4v) is 1.49. The lowest BCUT2D eigenvalue weighted by atomic mass is 10.1. The smallest absolute Gasteiger partial charge is 0.223 e. The van der Waals surface area contributed by atoms with Crippen LogP contribution in [-0.4, -0.2) is 26.6 Å². The van der Waals surface area contributed by atoms with Gasteiger partial charge in [-0.3, -0.25) is 4.79 Å². The molecule has 1 aromatic rings. The van der Waals surface area contributed by atoms with E-state index in [4.69, 9.17) is 4.74 Å². The van der Waals surface area contributed by atoms with Crippen LogP contribution in [0.5, 0.6) is 5.75 Å². The maximum Gasteiger partial charge on any atom is 0.223 e. The van der Waals surface area contributed by atoms with Crippen molar-refractivity contribution in [1.29, 1.82) is 0 Å². The molecule has 1 unspecified atom stereocenters. The largest absolute Gasteiger partial charge is 0.493 e. The van der Waals surface area contributed by atoms with Crippen LogP contribution in [0.4, 0.5) is 4.39 Å². The summed E-state index contributed by atoms with van der Waals surface area (Å²) in [6.45, 7) is 2.12. The van der Waals surface area contributed by atoms with Crippen molar-refractivity contribution in [3.63, 3.8) is 0 Å². The molecule has 5 heteroatoms. The monoisotopic (exact) mass is 254 g/mol. The van der Waals surface area contributed by atoms with Gasteiger partial charge in [0.15, 0.2) is 0 Å². The first-order chi connectivity index (χ1) is 8.58. The van der Waals surface area contributed by atoms with E-state index >= 15 is 0 Å². The van der Waals surface area contributed by atoms with Crippen LogP contribution >= 0.6 is 0 Å². The molecule has 0 aliphatic heterocycles. The lowest BCUT2D eigenvalue weighted by molar-refractivity contribution is -0.121. The summed E-state index contributed by atoms with van der Waals surface area (Å²) in [6, 6.07) is 4.68. The van der Waals surface area contributed by atoms with Crippen LogP contribution in [0.15, 0.2) is 18.2 Å². The summed E-state index contributed by atoms with van der Waals surface area (Å²) in [6.07, 6.45) is 0.257. The van der Waals surface area contributed by atoms with Crippen molar-refractivity contribution in [2.75, 3.05) is 20.7 Å². The van der Waals surface area contributed by atoms with Gasteiger partial charge >= 0.3 is 0 Å². The van der Waals surface area contributed by atoms with E-state index < -0.39 is 0 Å². The van der Waals surface area contributed by atoms with Crippen molar-refractivity contribution in [1.82, 2.24) is 10.6 Å². The van der Waals surface area contributed by atoms with Gasteiger partial charge in [-0.1, -0.05) is 6.07 Å². The molecule has 2 N–H and O–H groups in total. The Kier molecular flexibility index (Phi) is 5.58. The third kappa shape index (κ3) is 4.00. The highest BCUT2D eigenvalue weighted by Gasteiger charge is 2.10. The van der Waals surface area contributed by atoms with Gasteiger partial charge < -0.3 is 15.4 Å². The van der Waals surface area contributed by atoms with Crippen LogP contribution in [0.1, 0.15) is 24.9 Å². The van der Waals surface area contributed by atoms with Gasteiger partial charge in [-0.2, -0.15) is 0 Å². The van der Waals surface area contributed by atoms with Crippen molar-refractivity contribution in [2.24, 2.45) is 0 Å². The van der Waals surface area contributed by atoms with Crippen molar-refractivity contribution in [3.8, 4) is 5.75 Å². The molecule has 0 fully saturated rings. The SMILES string of the molecule is CNC(=O)CCOc1ccc(C(C)NC)c(F)c1. The maximum absolute atomic E-state index is 13.7. The molecule has 0 radical (unpaired) electrons. The first-order valence-corrected chi connectivity index (χ1v) is 5.88. The van der Waals surface area contributed by atoms with E-state index in [0.717, 1.165) is 0 Å². The van der Waals surface area contributed by atoms with Gasteiger partial charge in [0.25, 0.3) is 0 Å². The number of nitrogens with one attached hydrogen (secondary N) is 2. The van der Waals surface area contributed by atoms with Crippen LogP contribution < -0.4 is 15.4 Å². The normalized spacial score (nSPS) is 12.0. The molecular formula is C13H19FN2O2. The number of rotatable bonds is 6. The van der Waals surface area contributed by atoms with Crippen LogP contribution in [0.2, 0.25) is 0 Å². The first kappa shape index (κ1) is 14.4. The summed E-state index contributed by atoms with van der Waals surface area (Å²) < 4.78 is 19.0. The van der Waals surface area contributed by atoms with Crippen LogP contribution in [-0.2, 0) is 4.79 Å². The van der Waals surface area contributed by atoms with Gasteiger partial charge in [-0.15, -0.1) is 0 Å². The Labute approximate surface area is 107 Å². The van der Waals surface area contributed by atoms with E-state index in [1.165, 1.54) is 6.07 Å². The van der Waals surface area contributed by atoms with Crippen molar-refractivity contribution in [3.05, 3.63) is 29.6 Å². The highest BCUT2D eigenvalue weighted by atomic mass is 19.1. The quantitative estimate of drug-likeness (QED) is 0.811. The summed E-state index contributed by atoms with van der Waals surface area (Å²) in [5.41, 5.74) is 0.594. The Hall–Kier alpha value is -1.62. The summed E-state index contributed by atoms with van der Waals surface area (Å²) in [7, 11) is 3.34. The fraction of sp³-hybridized carbons (Fsp3) is 0.462. The molecule has 1 aromatic carbocycles. The third-order valence-corrected chi connectivity index (χ3v) is 2.75. The van der Waals surface area contributed by atoms with E-state index in [1.807, 2.05) is 6.92 Å². The van der Waals surface area contributed by atoms with Gasteiger partial charge in [0.05, 0.1) is 13.0 Å². The second-order valence-corrected chi connectivity index (χ2v) is 3.97. The van der Waals surface area contributed by atoms with Gasteiger partial charge in [0.1, 0.15) is 11.6 Å². The molecule has 0 aliphatic carbocycles. The predicted octanol–water partition coefficient (Wildman–Crippen LogP) is 1.62. The number of hydrogen-bond acceptors (Lipinski definition) is 3. The number of ether oxygens (including phenoxy) is 1. The number of carbonyl (C=O) groups is 1. The van der Waals surface area contributed by atoms with Crippen LogP contribution in [0.3, 0.4) is 0 Å². The Balaban J connectivity index is 2.59. The Morgan fingerprint density at radius 2 is 2.17 bits per heavy atom. The number of carbonyl (C=O) groups excluding carboxylic acids is 1. The summed E-state index contributed by atoms with van der Waals surface area (Å²) in [4.78, 5) is 11.0. The second-order valence-electron chi connectivity index (χ2n) is 3.97. The standard InChI is InChI=1S/C13H19FN2O2/c1-9(15-2)11-5-4-10(8-12(11)14)18-7-6-13(17)16-3/h4-5,8-9,15H,6-7H2,1-3H3,(H,16,17). The third-order valence-electron chi connectivity index (χ3n) is 2.75. The molecule has 18 heavy (non-hydrogen) atoms. The minimum absolute atomic E-state index is 0.0510. The molecule has 4 nitrogen and oxygen atoms in total. The highest BCUT2D eigenvalue weighted by Crippen LogP contribution is 2.21. The highest BCUT2D eigenvalue weighted by molar-refractivity contribution is 5.75. The second kappa shape index (κ2) is 6.96. The molecule has 0 heterocycles. The molecule has 0 aromatic heterocycles. The van der Waals surface area contributed by atoms with Gasteiger partial charge in [0.2, 0.25) is 5.91 Å². The molecular weight excluding hydrogens is 235 g/mol. The molecule has 0 spiro atoms. The average Bonchev–Trinajstić information content (AvgIpc) is 2.37. The Morgan fingerprint density at radius 3 is 2.72 bits per heavy atom.